The van der Waals surface area contributed by atoms with Crippen molar-refractivity contribution in [2.45, 2.75) is 48.2 Å². The number of nitrogens with zero attached hydrogens (tertiary/aromatic N) is 1. The monoisotopic (exact) mass is 435 g/mol. The van der Waals surface area contributed by atoms with Crippen molar-refractivity contribution in [2.75, 3.05) is 18.4 Å². The molecular formula is C21H26ClN3O3S. The lowest BCUT2D eigenvalue weighted by molar-refractivity contribution is -0.123. The Kier molecular flexibility index (Phi) is 7.14. The average Bonchev–Trinajstić information content (AvgIpc) is 3.23. The Morgan fingerprint density at radius 2 is 1.72 bits per heavy atom. The number of nitrogens with one attached hydrogen (secondary N) is 2. The molecule has 2 N–H and O–H groups in total. The maximum Gasteiger partial charge on any atom is 0.241 e. The first-order valence-corrected chi connectivity index (χ1v) is 11.8. The molecule has 156 valence electrons. The fourth-order valence-electron chi connectivity index (χ4n) is 3.70. The van der Waals surface area contributed by atoms with Gasteiger partial charge in [0.15, 0.2) is 14.6 Å². The molecule has 0 aliphatic heterocycles. The minimum Gasteiger partial charge on any atom is -0.370 e. The second-order valence-electron chi connectivity index (χ2n) is 7.26. The molecule has 1 aromatic carbocycles. The first kappa shape index (κ1) is 21.6. The van der Waals surface area contributed by atoms with E-state index < -0.39 is 14.6 Å². The molecule has 1 fully saturated rings. The minimum absolute atomic E-state index is 0.151. The quantitative estimate of drug-likeness (QED) is 0.584. The van der Waals surface area contributed by atoms with Crippen LogP contribution in [0.4, 0.5) is 5.82 Å². The highest BCUT2D eigenvalue weighted by Gasteiger charge is 2.52. The second kappa shape index (κ2) is 9.59. The van der Waals surface area contributed by atoms with E-state index in [1.165, 1.54) is 12.1 Å². The molecule has 0 radical (unpaired) electrons. The molecule has 0 bridgehead atoms. The van der Waals surface area contributed by atoms with Crippen molar-refractivity contribution in [3.8, 4) is 0 Å². The molecule has 1 amide bonds. The summed E-state index contributed by atoms with van der Waals surface area (Å²) in [5, 5.41) is 6.54. The van der Waals surface area contributed by atoms with Crippen molar-refractivity contribution in [1.29, 1.82) is 0 Å². The number of anilines is 1. The van der Waals surface area contributed by atoms with Crippen molar-refractivity contribution in [3.63, 3.8) is 0 Å². The smallest absolute Gasteiger partial charge is 0.241 e. The molecule has 3 rings (SSSR count). The third-order valence-corrected chi connectivity index (χ3v) is 8.09. The molecule has 0 unspecified atom stereocenters. The summed E-state index contributed by atoms with van der Waals surface area (Å²) in [6, 6.07) is 11.7. The van der Waals surface area contributed by atoms with Gasteiger partial charge in [-0.2, -0.15) is 0 Å². The molecule has 2 aromatic rings. The molecule has 1 aromatic heterocycles. The molecule has 0 atom stereocenters. The largest absolute Gasteiger partial charge is 0.370 e. The van der Waals surface area contributed by atoms with Gasteiger partial charge in [0.1, 0.15) is 5.82 Å². The van der Waals surface area contributed by atoms with Crippen molar-refractivity contribution in [1.82, 2.24) is 10.3 Å². The zero-order valence-corrected chi connectivity index (χ0v) is 17.8. The van der Waals surface area contributed by atoms with Crippen LogP contribution in [0.25, 0.3) is 0 Å². The van der Waals surface area contributed by atoms with E-state index in [-0.39, 0.29) is 10.8 Å². The van der Waals surface area contributed by atoms with E-state index in [1.54, 1.807) is 18.3 Å². The van der Waals surface area contributed by atoms with E-state index in [4.69, 9.17) is 11.6 Å². The SMILES string of the molecule is O=C(NCCCCNc1ccccn1)C1(S(=O)(=O)c2ccc(Cl)cc2)CCCC1. The normalized spacial score (nSPS) is 15.8. The molecule has 1 heterocycles. The van der Waals surface area contributed by atoms with Gasteiger partial charge in [-0.05, 0) is 62.1 Å². The van der Waals surface area contributed by atoms with Gasteiger partial charge in [0.05, 0.1) is 4.90 Å². The van der Waals surface area contributed by atoms with Crippen LogP contribution in [0.1, 0.15) is 38.5 Å². The molecule has 1 saturated carbocycles. The summed E-state index contributed by atoms with van der Waals surface area (Å²) in [4.78, 5) is 17.3. The van der Waals surface area contributed by atoms with Crippen LogP contribution in [0.5, 0.6) is 0 Å². The number of carbonyl (C=O) groups excluding carboxylic acids is 1. The molecule has 29 heavy (non-hydrogen) atoms. The molecule has 6 nitrogen and oxygen atoms in total. The number of rotatable bonds is 9. The molecule has 1 aliphatic carbocycles. The standard InChI is InChI=1S/C21H26ClN3O3S/c22-17-8-10-18(11-9-17)29(27,28)21(12-2-3-13-21)20(26)25-16-6-5-15-24-19-7-1-4-14-23-19/h1,4,7-11,14H,2-3,5-6,12-13,15-16H2,(H,23,24)(H,25,26). The Labute approximate surface area is 177 Å². The number of benzene rings is 1. The zero-order valence-electron chi connectivity index (χ0n) is 16.2. The van der Waals surface area contributed by atoms with Crippen LogP contribution in [0, 0.1) is 0 Å². The van der Waals surface area contributed by atoms with Gasteiger partial charge >= 0.3 is 0 Å². The van der Waals surface area contributed by atoms with E-state index in [1.807, 2.05) is 18.2 Å². The number of amides is 1. The van der Waals surface area contributed by atoms with Gasteiger partial charge in [-0.25, -0.2) is 13.4 Å². The minimum atomic E-state index is -3.79. The van der Waals surface area contributed by atoms with Crippen molar-refractivity contribution in [3.05, 3.63) is 53.7 Å². The Hall–Kier alpha value is -2.12. The highest BCUT2D eigenvalue weighted by Crippen LogP contribution is 2.41. The maximum atomic E-state index is 13.3. The van der Waals surface area contributed by atoms with Gasteiger partial charge in [-0.15, -0.1) is 0 Å². The van der Waals surface area contributed by atoms with Crippen molar-refractivity contribution >= 4 is 33.2 Å². The van der Waals surface area contributed by atoms with Gasteiger partial charge in [-0.1, -0.05) is 30.5 Å². The summed E-state index contributed by atoms with van der Waals surface area (Å²) < 4.78 is 25.2. The number of carbonyl (C=O) groups is 1. The third-order valence-electron chi connectivity index (χ3n) is 5.32. The van der Waals surface area contributed by atoms with Gasteiger partial charge in [-0.3, -0.25) is 4.79 Å². The van der Waals surface area contributed by atoms with E-state index >= 15 is 0 Å². The zero-order chi connectivity index (χ0) is 20.7. The van der Waals surface area contributed by atoms with Crippen LogP contribution in [0.3, 0.4) is 0 Å². The number of pyridine rings is 1. The number of aromatic nitrogens is 1. The summed E-state index contributed by atoms with van der Waals surface area (Å²) in [7, 11) is -3.79. The molecule has 8 heteroatoms. The first-order chi connectivity index (χ1) is 14.0. The number of unbranched alkanes of at least 4 members (excludes halogenated alkanes) is 1. The van der Waals surface area contributed by atoms with Crippen molar-refractivity contribution < 1.29 is 13.2 Å². The topological polar surface area (TPSA) is 88.2 Å². The number of halogens is 1. The van der Waals surface area contributed by atoms with E-state index in [2.05, 4.69) is 15.6 Å². The van der Waals surface area contributed by atoms with Crippen LogP contribution in [-0.2, 0) is 14.6 Å². The van der Waals surface area contributed by atoms with E-state index in [9.17, 15) is 13.2 Å². The Balaban J connectivity index is 1.56. The van der Waals surface area contributed by atoms with Crippen molar-refractivity contribution in [2.24, 2.45) is 0 Å². The summed E-state index contributed by atoms with van der Waals surface area (Å²) in [5.41, 5.74) is 0. The predicted molar refractivity (Wildman–Crippen MR) is 115 cm³/mol. The summed E-state index contributed by atoms with van der Waals surface area (Å²) in [6.45, 7) is 1.18. The molecule has 0 saturated heterocycles. The Morgan fingerprint density at radius 1 is 1.03 bits per heavy atom. The van der Waals surface area contributed by atoms with E-state index in [0.717, 1.165) is 38.0 Å². The lowest BCUT2D eigenvalue weighted by Gasteiger charge is -2.27. The van der Waals surface area contributed by atoms with Crippen LogP contribution in [0.15, 0.2) is 53.6 Å². The first-order valence-electron chi connectivity index (χ1n) is 9.89. The van der Waals surface area contributed by atoms with Crippen LogP contribution >= 0.6 is 11.6 Å². The highest BCUT2D eigenvalue weighted by atomic mass is 35.5. The summed E-state index contributed by atoms with van der Waals surface area (Å²) >= 11 is 5.88. The summed E-state index contributed by atoms with van der Waals surface area (Å²) in [6.07, 6.45) is 5.49. The van der Waals surface area contributed by atoms with Gasteiger partial charge in [0.25, 0.3) is 0 Å². The molecule has 1 aliphatic rings. The number of sulfone groups is 1. The molecular weight excluding hydrogens is 410 g/mol. The fourth-order valence-corrected chi connectivity index (χ4v) is 5.91. The van der Waals surface area contributed by atoms with Gasteiger partial charge in [0, 0.05) is 24.3 Å². The number of hydrogen-bond donors (Lipinski definition) is 2. The average molecular weight is 436 g/mol. The van der Waals surface area contributed by atoms with Crippen LogP contribution in [0.2, 0.25) is 5.02 Å². The molecule has 0 spiro atoms. The second-order valence-corrected chi connectivity index (χ2v) is 9.96. The lowest BCUT2D eigenvalue weighted by Crippen LogP contribution is -2.50. The lowest BCUT2D eigenvalue weighted by atomic mass is 10.1. The Bertz CT molecular complexity index is 912. The van der Waals surface area contributed by atoms with Gasteiger partial charge in [0.2, 0.25) is 5.91 Å². The predicted octanol–water partition coefficient (Wildman–Crippen LogP) is 3.83. The maximum absolute atomic E-state index is 13.3. The van der Waals surface area contributed by atoms with Gasteiger partial charge < -0.3 is 10.6 Å². The van der Waals surface area contributed by atoms with E-state index in [0.29, 0.717) is 24.4 Å². The number of hydrogen-bond acceptors (Lipinski definition) is 5. The third kappa shape index (κ3) is 4.90. The Morgan fingerprint density at radius 3 is 2.38 bits per heavy atom. The van der Waals surface area contributed by atoms with Crippen LogP contribution < -0.4 is 10.6 Å². The van der Waals surface area contributed by atoms with Crippen LogP contribution in [-0.4, -0.2) is 37.1 Å². The summed E-state index contributed by atoms with van der Waals surface area (Å²) in [5.74, 6) is 0.429. The highest BCUT2D eigenvalue weighted by molar-refractivity contribution is 7.93. The fraction of sp³-hybridized carbons (Fsp3) is 0.429.